The second-order valence-corrected chi connectivity index (χ2v) is 11.3. The second-order valence-electron chi connectivity index (χ2n) is 10.0. The lowest BCUT2D eigenvalue weighted by Gasteiger charge is -2.31. The fourth-order valence-electron chi connectivity index (χ4n) is 5.43. The van der Waals surface area contributed by atoms with Gasteiger partial charge in [0.2, 0.25) is 0 Å². The van der Waals surface area contributed by atoms with Crippen molar-refractivity contribution in [2.24, 2.45) is 11.8 Å². The summed E-state index contributed by atoms with van der Waals surface area (Å²) in [4.78, 5) is 2.33. The Bertz CT molecular complexity index is 1160. The zero-order valence-corrected chi connectivity index (χ0v) is 21.3. The van der Waals surface area contributed by atoms with E-state index < -0.39 is 0 Å². The summed E-state index contributed by atoms with van der Waals surface area (Å²) in [6.45, 7) is 1.95. The van der Waals surface area contributed by atoms with E-state index in [2.05, 4.69) is 65.6 Å². The van der Waals surface area contributed by atoms with Crippen molar-refractivity contribution in [3.8, 4) is 5.75 Å². The third-order valence-electron chi connectivity index (χ3n) is 7.29. The quantitative estimate of drug-likeness (QED) is 0.451. The summed E-state index contributed by atoms with van der Waals surface area (Å²) in [5, 5.41) is 13.5. The van der Waals surface area contributed by atoms with Crippen molar-refractivity contribution in [2.45, 2.75) is 44.9 Å². The second kappa shape index (κ2) is 11.4. The van der Waals surface area contributed by atoms with Crippen LogP contribution in [0.5, 0.6) is 5.75 Å². The highest BCUT2D eigenvalue weighted by Crippen LogP contribution is 2.32. The van der Waals surface area contributed by atoms with Gasteiger partial charge in [-0.1, -0.05) is 63.3 Å². The van der Waals surface area contributed by atoms with E-state index in [1.54, 1.807) is 12.1 Å². The van der Waals surface area contributed by atoms with Crippen LogP contribution in [0.1, 0.15) is 43.2 Å². The normalized spacial score (nSPS) is 21.9. The van der Waals surface area contributed by atoms with Gasteiger partial charge in [0.15, 0.2) is 0 Å². The van der Waals surface area contributed by atoms with Crippen LogP contribution in [0.3, 0.4) is 0 Å². The summed E-state index contributed by atoms with van der Waals surface area (Å²) >= 11 is 0. The minimum atomic E-state index is -0.188. The molecule has 1 fully saturated rings. The van der Waals surface area contributed by atoms with E-state index in [0.29, 0.717) is 17.6 Å². The van der Waals surface area contributed by atoms with Crippen LogP contribution in [0, 0.1) is 17.7 Å². The Balaban J connectivity index is 1.47. The summed E-state index contributed by atoms with van der Waals surface area (Å²) in [7, 11) is 0.290. The molecule has 0 saturated carbocycles. The molecule has 2 aromatic rings. The van der Waals surface area contributed by atoms with Gasteiger partial charge in [-0.15, -0.1) is 0 Å². The van der Waals surface area contributed by atoms with Crippen molar-refractivity contribution < 1.29 is 9.50 Å². The highest BCUT2D eigenvalue weighted by atomic mass is 31.1. The molecule has 4 heteroatoms. The van der Waals surface area contributed by atoms with Gasteiger partial charge in [0.05, 0.1) is 0 Å². The Hall–Kier alpha value is -2.64. The number of anilines is 1. The third kappa shape index (κ3) is 6.14. The molecule has 5 rings (SSSR count). The molecule has 35 heavy (non-hydrogen) atoms. The van der Waals surface area contributed by atoms with Crippen LogP contribution in [0.25, 0.3) is 0 Å². The summed E-state index contributed by atoms with van der Waals surface area (Å²) in [6, 6.07) is 9.59. The number of piperidine rings is 1. The Labute approximate surface area is 210 Å². The largest absolute Gasteiger partial charge is 0.507 e. The molecule has 1 aliphatic heterocycles. The predicted octanol–water partition coefficient (Wildman–Crippen LogP) is 6.50. The molecule has 0 bridgehead atoms. The standard InChI is InChI=1S/C31H35FNOP/c32-27-14-15-29(28(22-27)33-16-8-3-9-17-33)35-30-21-25(18-23-10-4-1-5-11-23)20-26(31(30)34)19-24-12-6-2-7-13-24/h1-2,4-7,10,12,14-15,20-24,34-35H,3,8-9,11,13,16-19H2. The molecule has 3 atom stereocenters. The zero-order chi connectivity index (χ0) is 24.0. The number of hydrogen-bond acceptors (Lipinski definition) is 2. The molecule has 1 N–H and O–H groups in total. The van der Waals surface area contributed by atoms with E-state index in [-0.39, 0.29) is 14.4 Å². The predicted molar refractivity (Wildman–Crippen MR) is 148 cm³/mol. The molecule has 1 saturated heterocycles. The van der Waals surface area contributed by atoms with E-state index in [9.17, 15) is 9.50 Å². The fourth-order valence-corrected chi connectivity index (χ4v) is 6.78. The number of hydrogen-bond donors (Lipinski definition) is 1. The Morgan fingerprint density at radius 3 is 2.23 bits per heavy atom. The first-order valence-corrected chi connectivity index (χ1v) is 14.0. The molecule has 3 unspecified atom stereocenters. The number of allylic oxidation sites excluding steroid dienone is 8. The van der Waals surface area contributed by atoms with E-state index in [1.165, 1.54) is 12.0 Å². The number of nitrogens with zero attached hydrogens (tertiary/aromatic N) is 1. The van der Waals surface area contributed by atoms with Gasteiger partial charge in [-0.25, -0.2) is 4.39 Å². The van der Waals surface area contributed by atoms with Gasteiger partial charge >= 0.3 is 0 Å². The van der Waals surface area contributed by atoms with E-state index in [0.717, 1.165) is 73.5 Å². The maximum atomic E-state index is 14.3. The summed E-state index contributed by atoms with van der Waals surface area (Å²) in [6.07, 6.45) is 24.8. The van der Waals surface area contributed by atoms with Crippen LogP contribution in [0.4, 0.5) is 10.1 Å². The monoisotopic (exact) mass is 487 g/mol. The smallest absolute Gasteiger partial charge is 0.126 e. The number of halogens is 1. The SMILES string of the molecule is Oc1c(CC2C=CC=CC2)cc(CC2C=CC=CC2)cc1Pc1ccc(F)cc1N1CCCCC1. The van der Waals surface area contributed by atoms with Crippen LogP contribution in [0.2, 0.25) is 0 Å². The van der Waals surface area contributed by atoms with Crippen LogP contribution in [-0.4, -0.2) is 18.2 Å². The lowest BCUT2D eigenvalue weighted by molar-refractivity contribution is 0.467. The highest BCUT2D eigenvalue weighted by Gasteiger charge is 2.20. The van der Waals surface area contributed by atoms with Gasteiger partial charge in [0, 0.05) is 29.4 Å². The zero-order valence-electron chi connectivity index (χ0n) is 20.3. The summed E-state index contributed by atoms with van der Waals surface area (Å²) < 4.78 is 14.3. The number of benzene rings is 2. The average molecular weight is 488 g/mol. The first-order valence-electron chi connectivity index (χ1n) is 13.0. The number of rotatable bonds is 7. The van der Waals surface area contributed by atoms with Gasteiger partial charge in [0.25, 0.3) is 0 Å². The topological polar surface area (TPSA) is 23.5 Å². The maximum Gasteiger partial charge on any atom is 0.126 e. The fraction of sp³-hybridized carbons (Fsp3) is 0.355. The van der Waals surface area contributed by atoms with Crippen molar-refractivity contribution in [3.05, 3.63) is 95.9 Å². The van der Waals surface area contributed by atoms with Gasteiger partial charge < -0.3 is 10.0 Å². The van der Waals surface area contributed by atoms with Gasteiger partial charge in [-0.2, -0.15) is 0 Å². The first kappa shape index (κ1) is 24.1. The van der Waals surface area contributed by atoms with Crippen LogP contribution < -0.4 is 15.5 Å². The Morgan fingerprint density at radius 1 is 0.829 bits per heavy atom. The molecule has 2 aliphatic carbocycles. The van der Waals surface area contributed by atoms with Crippen LogP contribution in [0.15, 0.2) is 78.9 Å². The lowest BCUT2D eigenvalue weighted by atomic mass is 9.89. The molecule has 0 amide bonds. The molecule has 2 nitrogen and oxygen atoms in total. The number of phenols is 1. The van der Waals surface area contributed by atoms with Crippen molar-refractivity contribution in [2.75, 3.05) is 18.0 Å². The molecule has 182 valence electrons. The van der Waals surface area contributed by atoms with Crippen molar-refractivity contribution in [1.29, 1.82) is 0 Å². The van der Waals surface area contributed by atoms with E-state index in [1.807, 2.05) is 6.07 Å². The van der Waals surface area contributed by atoms with Gasteiger partial charge in [-0.3, -0.25) is 0 Å². The van der Waals surface area contributed by atoms with Crippen molar-refractivity contribution in [3.63, 3.8) is 0 Å². The number of aromatic hydroxyl groups is 1. The molecule has 1 heterocycles. The molecule has 3 aliphatic rings. The van der Waals surface area contributed by atoms with Crippen LogP contribution >= 0.6 is 8.58 Å². The summed E-state index contributed by atoms with van der Waals surface area (Å²) in [5.41, 5.74) is 3.31. The average Bonchev–Trinajstić information content (AvgIpc) is 2.89. The minimum absolute atomic E-state index is 0.188. The minimum Gasteiger partial charge on any atom is -0.507 e. The molecule has 0 aromatic heterocycles. The van der Waals surface area contributed by atoms with E-state index >= 15 is 0 Å². The van der Waals surface area contributed by atoms with Crippen LogP contribution in [-0.2, 0) is 12.8 Å². The Kier molecular flexibility index (Phi) is 7.84. The third-order valence-corrected chi connectivity index (χ3v) is 8.64. The van der Waals surface area contributed by atoms with Crippen molar-refractivity contribution >= 4 is 24.9 Å². The van der Waals surface area contributed by atoms with E-state index in [4.69, 9.17) is 0 Å². The van der Waals surface area contributed by atoms with Gasteiger partial charge in [-0.05, 0) is 92.2 Å². The lowest BCUT2D eigenvalue weighted by Crippen LogP contribution is -2.32. The highest BCUT2D eigenvalue weighted by molar-refractivity contribution is 7.56. The van der Waals surface area contributed by atoms with Gasteiger partial charge in [0.1, 0.15) is 11.6 Å². The molecule has 0 radical (unpaired) electrons. The maximum absolute atomic E-state index is 14.3. The first-order chi connectivity index (χ1) is 17.2. The number of phenolic OH excluding ortho intramolecular Hbond substituents is 1. The Morgan fingerprint density at radius 2 is 1.54 bits per heavy atom. The van der Waals surface area contributed by atoms with Crippen molar-refractivity contribution in [1.82, 2.24) is 0 Å². The molecule has 2 aromatic carbocycles. The molecular weight excluding hydrogens is 452 g/mol. The molecule has 0 spiro atoms. The summed E-state index contributed by atoms with van der Waals surface area (Å²) in [5.74, 6) is 1.13. The molecular formula is C31H35FNOP.